The third kappa shape index (κ3) is 5.26. The smallest absolute Gasteiger partial charge is 0.241 e. The van der Waals surface area contributed by atoms with Crippen LogP contribution in [-0.4, -0.2) is 30.8 Å². The van der Waals surface area contributed by atoms with E-state index in [4.69, 9.17) is 0 Å². The van der Waals surface area contributed by atoms with Crippen molar-refractivity contribution in [1.82, 2.24) is 14.7 Å². The lowest BCUT2D eigenvalue weighted by Gasteiger charge is -2.13. The molecule has 9 heteroatoms. The average molecular weight is 431 g/mol. The number of aromatic nitrogens is 2. The molecular formula is C20H22N4O3S2. The lowest BCUT2D eigenvalue weighted by Crippen LogP contribution is -2.29. The number of nitrogens with zero attached hydrogens (tertiary/aromatic N) is 2. The second-order valence-corrected chi connectivity index (χ2v) is 9.27. The van der Waals surface area contributed by atoms with Crippen molar-refractivity contribution in [3.63, 3.8) is 0 Å². The molecule has 2 N–H and O–H groups in total. The topological polar surface area (TPSA) is 101 Å². The van der Waals surface area contributed by atoms with Crippen LogP contribution in [0.4, 0.5) is 5.13 Å². The number of hydrogen-bond acceptors (Lipinski definition) is 6. The minimum atomic E-state index is -3.69. The van der Waals surface area contributed by atoms with Crippen LogP contribution in [0.1, 0.15) is 23.1 Å². The standard InChI is InChI=1S/C20H22N4O3S2/c1-13-9-14(2)19(15(3)10-13)29(26,27)22-8-6-18(25)24-20-23-17(12-28-20)16-5-4-7-21-11-16/h4-5,7,9-12,22H,6,8H2,1-3H3,(H,23,24,25). The number of thiazole rings is 1. The van der Waals surface area contributed by atoms with Gasteiger partial charge in [-0.15, -0.1) is 11.3 Å². The number of pyridine rings is 1. The molecule has 2 heterocycles. The molecule has 1 aromatic carbocycles. The van der Waals surface area contributed by atoms with Gasteiger partial charge in [0.05, 0.1) is 10.6 Å². The molecule has 1 amide bonds. The van der Waals surface area contributed by atoms with E-state index < -0.39 is 10.0 Å². The number of amides is 1. The Labute approximate surface area is 174 Å². The number of benzene rings is 1. The van der Waals surface area contributed by atoms with Gasteiger partial charge in [0.25, 0.3) is 0 Å². The van der Waals surface area contributed by atoms with Gasteiger partial charge in [-0.05, 0) is 44.0 Å². The Morgan fingerprint density at radius 2 is 1.90 bits per heavy atom. The number of carbonyl (C=O) groups excluding carboxylic acids is 1. The van der Waals surface area contributed by atoms with Gasteiger partial charge in [-0.1, -0.05) is 17.7 Å². The summed E-state index contributed by atoms with van der Waals surface area (Å²) in [5.41, 5.74) is 3.97. The molecule has 3 rings (SSSR count). The molecule has 0 spiro atoms. The summed E-state index contributed by atoms with van der Waals surface area (Å²) in [7, 11) is -3.69. The number of nitrogens with one attached hydrogen (secondary N) is 2. The van der Waals surface area contributed by atoms with Crippen LogP contribution in [-0.2, 0) is 14.8 Å². The van der Waals surface area contributed by atoms with Crippen LogP contribution < -0.4 is 10.0 Å². The van der Waals surface area contributed by atoms with Crippen LogP contribution in [0.15, 0.2) is 46.9 Å². The number of anilines is 1. The maximum absolute atomic E-state index is 12.6. The fourth-order valence-corrected chi connectivity index (χ4v) is 5.34. The highest BCUT2D eigenvalue weighted by Gasteiger charge is 2.20. The molecule has 0 atom stereocenters. The Morgan fingerprint density at radius 3 is 2.55 bits per heavy atom. The summed E-state index contributed by atoms with van der Waals surface area (Å²) in [5, 5.41) is 4.99. The van der Waals surface area contributed by atoms with Crippen LogP contribution in [0.5, 0.6) is 0 Å². The van der Waals surface area contributed by atoms with Crippen molar-refractivity contribution in [1.29, 1.82) is 0 Å². The highest BCUT2D eigenvalue weighted by molar-refractivity contribution is 7.89. The minimum absolute atomic E-state index is 0.00175. The molecule has 0 aliphatic heterocycles. The van der Waals surface area contributed by atoms with Gasteiger partial charge in [-0.25, -0.2) is 18.1 Å². The zero-order valence-electron chi connectivity index (χ0n) is 16.4. The SMILES string of the molecule is Cc1cc(C)c(S(=O)(=O)NCCC(=O)Nc2nc(-c3cccnc3)cs2)c(C)c1. The van der Waals surface area contributed by atoms with Crippen molar-refractivity contribution < 1.29 is 13.2 Å². The molecule has 0 bridgehead atoms. The van der Waals surface area contributed by atoms with Crippen LogP contribution in [0.25, 0.3) is 11.3 Å². The Hall–Kier alpha value is -2.62. The molecule has 0 unspecified atom stereocenters. The Morgan fingerprint density at radius 1 is 1.17 bits per heavy atom. The summed E-state index contributed by atoms with van der Waals surface area (Å²) in [6, 6.07) is 7.36. The van der Waals surface area contributed by atoms with E-state index >= 15 is 0 Å². The molecule has 0 radical (unpaired) electrons. The number of carbonyl (C=O) groups is 1. The maximum Gasteiger partial charge on any atom is 0.241 e. The molecule has 29 heavy (non-hydrogen) atoms. The first-order chi connectivity index (χ1) is 13.8. The first-order valence-electron chi connectivity index (χ1n) is 8.99. The number of aryl methyl sites for hydroxylation is 3. The van der Waals surface area contributed by atoms with Crippen molar-refractivity contribution in [2.24, 2.45) is 0 Å². The van der Waals surface area contributed by atoms with E-state index in [0.717, 1.165) is 16.8 Å². The maximum atomic E-state index is 12.6. The summed E-state index contributed by atoms with van der Waals surface area (Å²) in [6.45, 7) is 5.46. The predicted molar refractivity (Wildman–Crippen MR) is 114 cm³/mol. The van der Waals surface area contributed by atoms with Crippen molar-refractivity contribution in [3.05, 3.63) is 58.7 Å². The van der Waals surface area contributed by atoms with E-state index in [1.165, 1.54) is 11.3 Å². The first-order valence-corrected chi connectivity index (χ1v) is 11.4. The summed E-state index contributed by atoms with van der Waals surface area (Å²) in [4.78, 5) is 20.8. The van der Waals surface area contributed by atoms with Crippen LogP contribution in [0, 0.1) is 20.8 Å². The predicted octanol–water partition coefficient (Wildman–Crippen LogP) is 3.44. The fraction of sp³-hybridized carbons (Fsp3) is 0.250. The van der Waals surface area contributed by atoms with Gasteiger partial charge in [-0.3, -0.25) is 9.78 Å². The van der Waals surface area contributed by atoms with E-state index in [2.05, 4.69) is 20.0 Å². The summed E-state index contributed by atoms with van der Waals surface area (Å²) >= 11 is 1.30. The number of hydrogen-bond donors (Lipinski definition) is 2. The summed E-state index contributed by atoms with van der Waals surface area (Å²) < 4.78 is 27.8. The Balaban J connectivity index is 1.57. The fourth-order valence-electron chi connectivity index (χ4n) is 3.12. The van der Waals surface area contributed by atoms with E-state index in [0.29, 0.717) is 16.3 Å². The molecule has 0 saturated heterocycles. The van der Waals surface area contributed by atoms with Crippen molar-refractivity contribution >= 4 is 32.4 Å². The molecule has 0 saturated carbocycles. The third-order valence-electron chi connectivity index (χ3n) is 4.23. The second kappa shape index (κ2) is 8.81. The molecule has 2 aromatic heterocycles. The molecule has 0 fully saturated rings. The summed E-state index contributed by atoms with van der Waals surface area (Å²) in [5.74, 6) is -0.308. The molecular weight excluding hydrogens is 408 g/mol. The molecule has 7 nitrogen and oxygen atoms in total. The quantitative estimate of drug-likeness (QED) is 0.598. The van der Waals surface area contributed by atoms with Gasteiger partial charge < -0.3 is 5.32 Å². The first kappa shape index (κ1) is 21.1. The third-order valence-corrected chi connectivity index (χ3v) is 6.75. The summed E-state index contributed by atoms with van der Waals surface area (Å²) in [6.07, 6.45) is 3.38. The van der Waals surface area contributed by atoms with E-state index in [1.807, 2.05) is 36.6 Å². The van der Waals surface area contributed by atoms with Gasteiger partial charge in [0.15, 0.2) is 5.13 Å². The van der Waals surface area contributed by atoms with Gasteiger partial charge in [0, 0.05) is 36.3 Å². The minimum Gasteiger partial charge on any atom is -0.302 e. The van der Waals surface area contributed by atoms with Gasteiger partial charge >= 0.3 is 0 Å². The largest absolute Gasteiger partial charge is 0.302 e. The Kier molecular flexibility index (Phi) is 6.41. The highest BCUT2D eigenvalue weighted by Crippen LogP contribution is 2.24. The van der Waals surface area contributed by atoms with Gasteiger partial charge in [0.1, 0.15) is 0 Å². The van der Waals surface area contributed by atoms with Crippen LogP contribution in [0.3, 0.4) is 0 Å². The second-order valence-electron chi connectivity index (χ2n) is 6.70. The van der Waals surface area contributed by atoms with Crippen LogP contribution >= 0.6 is 11.3 Å². The van der Waals surface area contributed by atoms with Crippen molar-refractivity contribution in [2.75, 3.05) is 11.9 Å². The van der Waals surface area contributed by atoms with Crippen molar-refractivity contribution in [2.45, 2.75) is 32.1 Å². The molecule has 0 aliphatic rings. The zero-order valence-corrected chi connectivity index (χ0v) is 18.0. The Bertz CT molecular complexity index is 1100. The highest BCUT2D eigenvalue weighted by atomic mass is 32.2. The molecule has 3 aromatic rings. The lowest BCUT2D eigenvalue weighted by atomic mass is 10.1. The van der Waals surface area contributed by atoms with Crippen molar-refractivity contribution in [3.8, 4) is 11.3 Å². The average Bonchev–Trinajstić information content (AvgIpc) is 3.09. The van der Waals surface area contributed by atoms with E-state index in [1.54, 1.807) is 26.2 Å². The normalized spacial score (nSPS) is 11.4. The van der Waals surface area contributed by atoms with E-state index in [-0.39, 0.29) is 23.8 Å². The van der Waals surface area contributed by atoms with Gasteiger partial charge in [0.2, 0.25) is 15.9 Å². The van der Waals surface area contributed by atoms with Crippen LogP contribution in [0.2, 0.25) is 0 Å². The molecule has 0 aliphatic carbocycles. The zero-order chi connectivity index (χ0) is 21.0. The monoisotopic (exact) mass is 430 g/mol. The van der Waals surface area contributed by atoms with Gasteiger partial charge in [-0.2, -0.15) is 0 Å². The number of rotatable bonds is 7. The molecule has 152 valence electrons. The lowest BCUT2D eigenvalue weighted by molar-refractivity contribution is -0.116. The van der Waals surface area contributed by atoms with E-state index in [9.17, 15) is 13.2 Å². The number of sulfonamides is 1.